The van der Waals surface area contributed by atoms with Crippen molar-refractivity contribution in [3.05, 3.63) is 0 Å². The molecular formula is C16H25NO4. The first kappa shape index (κ1) is 13.3. The summed E-state index contributed by atoms with van der Waals surface area (Å²) in [5.41, 5.74) is 6.50. The Morgan fingerprint density at radius 3 is 2.71 bits per heavy atom. The van der Waals surface area contributed by atoms with Crippen LogP contribution in [0, 0.1) is 28.6 Å². The number of hydrogen-bond donors (Lipinski definition) is 1. The maximum absolute atomic E-state index is 6.29. The Hall–Kier alpha value is -0.200. The molecule has 3 saturated carbocycles. The Morgan fingerprint density at radius 1 is 1.10 bits per heavy atom. The van der Waals surface area contributed by atoms with Gasteiger partial charge in [-0.3, -0.25) is 0 Å². The second-order valence-electron chi connectivity index (χ2n) is 8.21. The van der Waals surface area contributed by atoms with Crippen molar-refractivity contribution in [3.63, 3.8) is 0 Å². The summed E-state index contributed by atoms with van der Waals surface area (Å²) >= 11 is 0. The summed E-state index contributed by atoms with van der Waals surface area (Å²) < 4.78 is 12.3. The van der Waals surface area contributed by atoms with Crippen molar-refractivity contribution < 1.29 is 19.2 Å². The average molecular weight is 295 g/mol. The van der Waals surface area contributed by atoms with Crippen LogP contribution < -0.4 is 5.73 Å². The van der Waals surface area contributed by atoms with Gasteiger partial charge in [0.1, 0.15) is 12.3 Å². The maximum atomic E-state index is 6.29. The minimum absolute atomic E-state index is 0.0700. The van der Waals surface area contributed by atoms with Gasteiger partial charge in [0, 0.05) is 29.1 Å². The van der Waals surface area contributed by atoms with Crippen molar-refractivity contribution in [2.24, 2.45) is 34.3 Å². The number of ether oxygens (including phenoxy) is 2. The highest BCUT2D eigenvalue weighted by Crippen LogP contribution is 2.79. The molecule has 3 bridgehead atoms. The molecule has 0 radical (unpaired) electrons. The SMILES string of the molecule is C[C@@H]1CCC23C4OO[C@@]5(C)CCC41C2[C@H](OC(N)[C@@H]3C)O5. The standard InChI is InChI=1S/C16H25NO4/c1-8-4-5-16-9(2)11(17)18-12-10(16)15(8)7-6-14(3,19-12)21-20-13(15)16/h8-13H,4-7,17H2,1-3H3/t8-,9+,10?,11?,12-,13?,14+,15?,16?/m1/s1. The zero-order chi connectivity index (χ0) is 14.6. The number of nitrogens with two attached hydrogens (primary N) is 1. The molecule has 6 rings (SSSR count). The van der Waals surface area contributed by atoms with Crippen molar-refractivity contribution in [1.29, 1.82) is 0 Å². The molecule has 5 heteroatoms. The maximum Gasteiger partial charge on any atom is 0.201 e. The lowest BCUT2D eigenvalue weighted by Gasteiger charge is -2.77. The Kier molecular flexibility index (Phi) is 2.30. The van der Waals surface area contributed by atoms with Crippen LogP contribution in [0.4, 0.5) is 0 Å². The molecule has 3 saturated heterocycles. The van der Waals surface area contributed by atoms with E-state index in [1.54, 1.807) is 0 Å². The van der Waals surface area contributed by atoms with Crippen LogP contribution in [0.5, 0.6) is 0 Å². The highest BCUT2D eigenvalue weighted by atomic mass is 17.2. The summed E-state index contributed by atoms with van der Waals surface area (Å²) in [6, 6.07) is 0. The molecule has 9 atom stereocenters. The molecule has 118 valence electrons. The van der Waals surface area contributed by atoms with Crippen molar-refractivity contribution in [1.82, 2.24) is 0 Å². The third-order valence-corrected chi connectivity index (χ3v) is 7.66. The predicted molar refractivity (Wildman–Crippen MR) is 73.4 cm³/mol. The first-order valence-corrected chi connectivity index (χ1v) is 8.37. The molecule has 3 aliphatic heterocycles. The third kappa shape index (κ3) is 1.22. The van der Waals surface area contributed by atoms with Crippen molar-refractivity contribution in [3.8, 4) is 0 Å². The lowest BCUT2D eigenvalue weighted by Crippen LogP contribution is -2.82. The molecule has 0 aromatic carbocycles. The van der Waals surface area contributed by atoms with Crippen LogP contribution >= 0.6 is 0 Å². The first-order chi connectivity index (χ1) is 9.94. The van der Waals surface area contributed by atoms with E-state index in [4.69, 9.17) is 25.0 Å². The molecule has 5 nitrogen and oxygen atoms in total. The number of fused-ring (bicyclic) bond motifs is 4. The lowest BCUT2D eigenvalue weighted by atomic mass is 9.30. The molecule has 6 aliphatic rings. The lowest BCUT2D eigenvalue weighted by molar-refractivity contribution is -0.555. The van der Waals surface area contributed by atoms with Gasteiger partial charge in [-0.05, 0) is 32.1 Å². The van der Waals surface area contributed by atoms with Crippen LogP contribution in [0.25, 0.3) is 0 Å². The fraction of sp³-hybridized carbons (Fsp3) is 1.00. The molecule has 6 fully saturated rings. The minimum atomic E-state index is -0.698. The van der Waals surface area contributed by atoms with E-state index in [1.165, 1.54) is 6.42 Å². The van der Waals surface area contributed by atoms with E-state index < -0.39 is 5.79 Å². The number of hydrogen-bond acceptors (Lipinski definition) is 5. The van der Waals surface area contributed by atoms with Crippen LogP contribution in [-0.2, 0) is 19.2 Å². The molecule has 2 N–H and O–H groups in total. The molecule has 2 spiro atoms. The third-order valence-electron chi connectivity index (χ3n) is 7.66. The van der Waals surface area contributed by atoms with E-state index in [0.717, 1.165) is 19.3 Å². The summed E-state index contributed by atoms with van der Waals surface area (Å²) in [5, 5.41) is 0. The van der Waals surface area contributed by atoms with E-state index in [2.05, 4.69) is 13.8 Å². The molecule has 0 amide bonds. The predicted octanol–water partition coefficient (Wildman–Crippen LogP) is 2.15. The highest BCUT2D eigenvalue weighted by Gasteiger charge is 2.83. The van der Waals surface area contributed by atoms with E-state index in [9.17, 15) is 0 Å². The zero-order valence-corrected chi connectivity index (χ0v) is 13.0. The Morgan fingerprint density at radius 2 is 1.90 bits per heavy atom. The summed E-state index contributed by atoms with van der Waals surface area (Å²) in [4.78, 5) is 11.8. The fourth-order valence-corrected chi connectivity index (χ4v) is 6.50. The topological polar surface area (TPSA) is 62.9 Å². The van der Waals surface area contributed by atoms with Gasteiger partial charge in [-0.2, -0.15) is 0 Å². The van der Waals surface area contributed by atoms with Gasteiger partial charge < -0.3 is 15.2 Å². The largest absolute Gasteiger partial charge is 0.334 e. The zero-order valence-electron chi connectivity index (χ0n) is 13.0. The summed E-state index contributed by atoms with van der Waals surface area (Å²) in [6.45, 7) is 6.54. The van der Waals surface area contributed by atoms with Gasteiger partial charge in [0.05, 0.1) is 0 Å². The van der Waals surface area contributed by atoms with Gasteiger partial charge in [0.15, 0.2) is 6.29 Å². The van der Waals surface area contributed by atoms with Gasteiger partial charge in [-0.1, -0.05) is 13.8 Å². The monoisotopic (exact) mass is 295 g/mol. The minimum Gasteiger partial charge on any atom is -0.334 e. The van der Waals surface area contributed by atoms with Crippen LogP contribution in [0.3, 0.4) is 0 Å². The van der Waals surface area contributed by atoms with Crippen molar-refractivity contribution in [2.45, 2.75) is 70.9 Å². The Balaban J connectivity index is 1.71. The van der Waals surface area contributed by atoms with Crippen LogP contribution in [0.15, 0.2) is 0 Å². The van der Waals surface area contributed by atoms with Gasteiger partial charge in [-0.25, -0.2) is 9.78 Å². The molecule has 5 unspecified atom stereocenters. The van der Waals surface area contributed by atoms with E-state index in [-0.39, 0.29) is 35.4 Å². The molecule has 21 heavy (non-hydrogen) atoms. The second kappa shape index (κ2) is 3.65. The summed E-state index contributed by atoms with van der Waals surface area (Å²) in [6.07, 6.45) is 3.99. The van der Waals surface area contributed by atoms with Gasteiger partial charge >= 0.3 is 0 Å². The Labute approximate surface area is 125 Å². The van der Waals surface area contributed by atoms with Gasteiger partial charge in [-0.15, -0.1) is 0 Å². The molecule has 0 aromatic rings. The van der Waals surface area contributed by atoms with E-state index in [0.29, 0.717) is 11.8 Å². The van der Waals surface area contributed by atoms with Crippen molar-refractivity contribution in [2.75, 3.05) is 0 Å². The van der Waals surface area contributed by atoms with E-state index in [1.807, 2.05) is 6.92 Å². The van der Waals surface area contributed by atoms with E-state index >= 15 is 0 Å². The Bertz CT molecular complexity index is 495. The van der Waals surface area contributed by atoms with Crippen LogP contribution in [0.2, 0.25) is 0 Å². The van der Waals surface area contributed by atoms with Gasteiger partial charge in [0.2, 0.25) is 5.79 Å². The smallest absolute Gasteiger partial charge is 0.201 e. The molecule has 3 aliphatic carbocycles. The van der Waals surface area contributed by atoms with Gasteiger partial charge in [0.25, 0.3) is 0 Å². The fourth-order valence-electron chi connectivity index (χ4n) is 6.50. The summed E-state index contributed by atoms with van der Waals surface area (Å²) in [7, 11) is 0. The van der Waals surface area contributed by atoms with Crippen molar-refractivity contribution >= 4 is 0 Å². The summed E-state index contributed by atoms with van der Waals surface area (Å²) in [5.74, 6) is 0.601. The second-order valence-corrected chi connectivity index (χ2v) is 8.21. The normalized spacial score (nSPS) is 68.0. The average Bonchev–Trinajstić information content (AvgIpc) is 2.61. The first-order valence-electron chi connectivity index (χ1n) is 8.37. The molecular weight excluding hydrogens is 270 g/mol. The molecule has 3 heterocycles. The molecule has 0 aromatic heterocycles. The highest BCUT2D eigenvalue weighted by molar-refractivity contribution is 5.26. The number of rotatable bonds is 0. The quantitative estimate of drug-likeness (QED) is 0.694. The van der Waals surface area contributed by atoms with Crippen LogP contribution in [0.1, 0.15) is 46.5 Å². The van der Waals surface area contributed by atoms with Crippen LogP contribution in [-0.4, -0.2) is 24.4 Å².